The SMILES string of the molecule is Cc1ncc(COc2ccc3[nH]ccc3c2)s1. The zero-order valence-electron chi connectivity index (χ0n) is 9.43. The van der Waals surface area contributed by atoms with Gasteiger partial charge in [-0.1, -0.05) is 0 Å². The van der Waals surface area contributed by atoms with Gasteiger partial charge in [-0.3, -0.25) is 0 Å². The van der Waals surface area contributed by atoms with Crippen molar-refractivity contribution in [3.05, 3.63) is 46.5 Å². The summed E-state index contributed by atoms with van der Waals surface area (Å²) in [6, 6.07) is 8.09. The van der Waals surface area contributed by atoms with Crippen molar-refractivity contribution in [2.45, 2.75) is 13.5 Å². The third-order valence-electron chi connectivity index (χ3n) is 2.57. The summed E-state index contributed by atoms with van der Waals surface area (Å²) in [5, 5.41) is 2.24. The first-order valence-electron chi connectivity index (χ1n) is 5.42. The summed E-state index contributed by atoms with van der Waals surface area (Å²) >= 11 is 1.67. The second-order valence-corrected chi connectivity index (χ2v) is 5.18. The van der Waals surface area contributed by atoms with Gasteiger partial charge in [-0.05, 0) is 31.2 Å². The Labute approximate surface area is 103 Å². The molecule has 0 atom stereocenters. The van der Waals surface area contributed by atoms with Crippen LogP contribution in [0.5, 0.6) is 5.75 Å². The highest BCUT2D eigenvalue weighted by atomic mass is 32.1. The Kier molecular flexibility index (Phi) is 2.57. The molecular weight excluding hydrogens is 232 g/mol. The number of nitrogens with one attached hydrogen (secondary N) is 1. The van der Waals surface area contributed by atoms with Crippen LogP contribution in [0.25, 0.3) is 10.9 Å². The predicted octanol–water partition coefficient (Wildman–Crippen LogP) is 3.51. The summed E-state index contributed by atoms with van der Waals surface area (Å²) in [6.07, 6.45) is 3.80. The van der Waals surface area contributed by atoms with Gasteiger partial charge in [0.2, 0.25) is 0 Å². The Balaban J connectivity index is 1.76. The number of fused-ring (bicyclic) bond motifs is 1. The van der Waals surface area contributed by atoms with Gasteiger partial charge in [-0.15, -0.1) is 11.3 Å². The molecule has 17 heavy (non-hydrogen) atoms. The van der Waals surface area contributed by atoms with E-state index >= 15 is 0 Å². The fourth-order valence-electron chi connectivity index (χ4n) is 1.75. The van der Waals surface area contributed by atoms with Gasteiger partial charge in [0.15, 0.2) is 0 Å². The molecule has 0 saturated heterocycles. The van der Waals surface area contributed by atoms with Crippen molar-refractivity contribution in [3.63, 3.8) is 0 Å². The summed E-state index contributed by atoms with van der Waals surface area (Å²) in [4.78, 5) is 8.51. The standard InChI is InChI=1S/C13H12N2OS/c1-9-15-7-12(17-9)8-16-11-2-3-13-10(6-11)4-5-14-13/h2-7,14H,8H2,1H3. The minimum atomic E-state index is 0.585. The molecule has 0 aliphatic carbocycles. The quantitative estimate of drug-likeness (QED) is 0.765. The summed E-state index contributed by atoms with van der Waals surface area (Å²) < 4.78 is 5.74. The lowest BCUT2D eigenvalue weighted by Gasteiger charge is -2.04. The lowest BCUT2D eigenvalue weighted by Crippen LogP contribution is -1.92. The van der Waals surface area contributed by atoms with Crippen molar-refractivity contribution >= 4 is 22.2 Å². The molecule has 0 fully saturated rings. The second kappa shape index (κ2) is 4.22. The van der Waals surface area contributed by atoms with E-state index in [1.165, 1.54) is 5.39 Å². The van der Waals surface area contributed by atoms with Crippen LogP contribution in [0.15, 0.2) is 36.7 Å². The largest absolute Gasteiger partial charge is 0.488 e. The normalized spacial score (nSPS) is 10.9. The first-order chi connectivity index (χ1) is 8.31. The summed E-state index contributed by atoms with van der Waals surface area (Å²) in [6.45, 7) is 2.58. The molecule has 3 rings (SSSR count). The maximum absolute atomic E-state index is 5.74. The van der Waals surface area contributed by atoms with Crippen molar-refractivity contribution < 1.29 is 4.74 Å². The molecule has 3 nitrogen and oxygen atoms in total. The zero-order chi connectivity index (χ0) is 11.7. The predicted molar refractivity (Wildman–Crippen MR) is 69.5 cm³/mol. The summed E-state index contributed by atoms with van der Waals surface area (Å²) in [5.41, 5.74) is 1.13. The molecule has 0 unspecified atom stereocenters. The first kappa shape index (κ1) is 10.4. The van der Waals surface area contributed by atoms with Crippen molar-refractivity contribution in [1.82, 2.24) is 9.97 Å². The molecule has 4 heteroatoms. The van der Waals surface area contributed by atoms with Gasteiger partial charge in [0.1, 0.15) is 12.4 Å². The van der Waals surface area contributed by atoms with Crippen molar-refractivity contribution in [2.75, 3.05) is 0 Å². The molecule has 0 bridgehead atoms. The maximum Gasteiger partial charge on any atom is 0.124 e. The molecule has 0 aliphatic rings. The molecule has 2 aromatic heterocycles. The molecule has 86 valence electrons. The van der Waals surface area contributed by atoms with Crippen LogP contribution in [0.3, 0.4) is 0 Å². The van der Waals surface area contributed by atoms with Gasteiger partial charge < -0.3 is 9.72 Å². The first-order valence-corrected chi connectivity index (χ1v) is 6.24. The van der Waals surface area contributed by atoms with E-state index in [-0.39, 0.29) is 0 Å². The van der Waals surface area contributed by atoms with Gasteiger partial charge in [-0.2, -0.15) is 0 Å². The maximum atomic E-state index is 5.74. The number of ether oxygens (including phenoxy) is 1. The number of rotatable bonds is 3. The fraction of sp³-hybridized carbons (Fsp3) is 0.154. The highest BCUT2D eigenvalue weighted by Crippen LogP contribution is 2.21. The molecule has 0 amide bonds. The van der Waals surface area contributed by atoms with Crippen LogP contribution in [0.4, 0.5) is 0 Å². The van der Waals surface area contributed by atoms with E-state index < -0.39 is 0 Å². The number of aromatic amines is 1. The Morgan fingerprint density at radius 2 is 2.29 bits per heavy atom. The molecule has 0 spiro atoms. The number of aryl methyl sites for hydroxylation is 1. The van der Waals surface area contributed by atoms with Crippen molar-refractivity contribution in [1.29, 1.82) is 0 Å². The van der Waals surface area contributed by atoms with Crippen LogP contribution < -0.4 is 4.74 Å². The average Bonchev–Trinajstić information content (AvgIpc) is 2.94. The molecular formula is C13H12N2OS. The number of aromatic nitrogens is 2. The lowest BCUT2D eigenvalue weighted by molar-refractivity contribution is 0.310. The van der Waals surface area contributed by atoms with E-state index in [1.54, 1.807) is 11.3 Å². The average molecular weight is 244 g/mol. The number of nitrogens with zero attached hydrogens (tertiary/aromatic N) is 1. The number of hydrogen-bond acceptors (Lipinski definition) is 3. The van der Waals surface area contributed by atoms with Crippen LogP contribution in [0.2, 0.25) is 0 Å². The lowest BCUT2D eigenvalue weighted by atomic mass is 10.2. The van der Waals surface area contributed by atoms with Gasteiger partial charge >= 0.3 is 0 Å². The van der Waals surface area contributed by atoms with E-state index in [2.05, 4.69) is 9.97 Å². The summed E-state index contributed by atoms with van der Waals surface area (Å²) in [5.74, 6) is 0.892. The van der Waals surface area contributed by atoms with Crippen LogP contribution in [-0.2, 0) is 6.61 Å². The van der Waals surface area contributed by atoms with Crippen molar-refractivity contribution in [2.24, 2.45) is 0 Å². The van der Waals surface area contributed by atoms with E-state index in [0.717, 1.165) is 21.2 Å². The van der Waals surface area contributed by atoms with Gasteiger partial charge in [0, 0.05) is 23.3 Å². The van der Waals surface area contributed by atoms with E-state index in [0.29, 0.717) is 6.61 Å². The molecule has 2 heterocycles. The van der Waals surface area contributed by atoms with Gasteiger partial charge in [0.25, 0.3) is 0 Å². The zero-order valence-corrected chi connectivity index (χ0v) is 10.3. The molecule has 3 aromatic rings. The third kappa shape index (κ3) is 2.17. The number of benzene rings is 1. The van der Waals surface area contributed by atoms with Gasteiger partial charge in [-0.25, -0.2) is 4.98 Å². The van der Waals surface area contributed by atoms with Crippen LogP contribution in [0.1, 0.15) is 9.88 Å². The smallest absolute Gasteiger partial charge is 0.124 e. The van der Waals surface area contributed by atoms with E-state index in [9.17, 15) is 0 Å². The molecule has 0 aliphatic heterocycles. The Bertz CT molecular complexity index is 641. The highest BCUT2D eigenvalue weighted by Gasteiger charge is 2.01. The van der Waals surface area contributed by atoms with Crippen LogP contribution in [-0.4, -0.2) is 9.97 Å². The Morgan fingerprint density at radius 3 is 3.12 bits per heavy atom. The minimum Gasteiger partial charge on any atom is -0.488 e. The minimum absolute atomic E-state index is 0.585. The van der Waals surface area contributed by atoms with E-state index in [1.807, 2.05) is 43.6 Å². The highest BCUT2D eigenvalue weighted by molar-refractivity contribution is 7.11. The topological polar surface area (TPSA) is 37.9 Å². The van der Waals surface area contributed by atoms with E-state index in [4.69, 9.17) is 4.74 Å². The number of hydrogen-bond donors (Lipinski definition) is 1. The Hall–Kier alpha value is -1.81. The third-order valence-corrected chi connectivity index (χ3v) is 3.46. The fourth-order valence-corrected chi connectivity index (χ4v) is 2.46. The Morgan fingerprint density at radius 1 is 1.35 bits per heavy atom. The summed E-state index contributed by atoms with van der Waals surface area (Å²) in [7, 11) is 0. The van der Waals surface area contributed by atoms with Crippen molar-refractivity contribution in [3.8, 4) is 5.75 Å². The van der Waals surface area contributed by atoms with Crippen LogP contribution in [0, 0.1) is 6.92 Å². The molecule has 1 N–H and O–H groups in total. The van der Waals surface area contributed by atoms with Crippen LogP contribution >= 0.6 is 11.3 Å². The van der Waals surface area contributed by atoms with Gasteiger partial charge in [0.05, 0.1) is 9.88 Å². The second-order valence-electron chi connectivity index (χ2n) is 3.86. The monoisotopic (exact) mass is 244 g/mol. The number of thiazole rings is 1. The molecule has 0 radical (unpaired) electrons. The molecule has 0 saturated carbocycles. The molecule has 1 aromatic carbocycles. The number of H-pyrrole nitrogens is 1.